The Morgan fingerprint density at radius 1 is 0.735 bits per heavy atom. The van der Waals surface area contributed by atoms with E-state index in [9.17, 15) is 13.2 Å². The number of carbonyl (C=O) groups is 1. The van der Waals surface area contributed by atoms with Crippen LogP contribution in [0.15, 0.2) is 114 Å². The second kappa shape index (κ2) is 10.5. The third kappa shape index (κ3) is 5.98. The van der Waals surface area contributed by atoms with E-state index >= 15 is 0 Å². The Morgan fingerprint density at radius 3 is 1.91 bits per heavy atom. The van der Waals surface area contributed by atoms with E-state index in [1.54, 1.807) is 12.1 Å². The molecule has 0 aromatic heterocycles. The van der Waals surface area contributed by atoms with Crippen LogP contribution in [-0.4, -0.2) is 20.4 Å². The molecule has 5 nitrogen and oxygen atoms in total. The molecule has 0 unspecified atom stereocenters. The number of rotatable bonds is 8. The molecule has 0 aliphatic carbocycles. The lowest BCUT2D eigenvalue weighted by Crippen LogP contribution is -2.45. The first-order valence-electron chi connectivity index (χ1n) is 11.0. The van der Waals surface area contributed by atoms with Crippen molar-refractivity contribution in [2.75, 3.05) is 5.32 Å². The Morgan fingerprint density at radius 2 is 1.29 bits per heavy atom. The maximum Gasteiger partial charge on any atom is 0.242 e. The van der Waals surface area contributed by atoms with Gasteiger partial charge in [-0.05, 0) is 54.3 Å². The first kappa shape index (κ1) is 23.4. The molecule has 0 bridgehead atoms. The Bertz CT molecular complexity index is 1340. The number of hydrogen-bond acceptors (Lipinski definition) is 3. The van der Waals surface area contributed by atoms with E-state index in [0.717, 1.165) is 22.3 Å². The number of hydrogen-bond donors (Lipinski definition) is 2. The molecule has 4 rings (SSSR count). The van der Waals surface area contributed by atoms with E-state index in [2.05, 4.69) is 10.0 Å². The highest BCUT2D eigenvalue weighted by atomic mass is 32.2. The van der Waals surface area contributed by atoms with Crippen molar-refractivity contribution in [2.24, 2.45) is 0 Å². The molecular formula is C28H26N2O3S. The maximum atomic E-state index is 13.2. The Labute approximate surface area is 200 Å². The first-order valence-corrected chi connectivity index (χ1v) is 12.5. The predicted octanol–water partition coefficient (Wildman–Crippen LogP) is 5.19. The molecule has 34 heavy (non-hydrogen) atoms. The molecule has 1 amide bonds. The van der Waals surface area contributed by atoms with Gasteiger partial charge in [-0.25, -0.2) is 8.42 Å². The molecule has 0 saturated carbocycles. The zero-order valence-corrected chi connectivity index (χ0v) is 19.6. The van der Waals surface area contributed by atoms with E-state index in [4.69, 9.17) is 0 Å². The number of aryl methyl sites for hydroxylation is 1. The highest BCUT2D eigenvalue weighted by Gasteiger charge is 2.26. The zero-order chi connectivity index (χ0) is 24.0. The smallest absolute Gasteiger partial charge is 0.242 e. The molecule has 0 spiro atoms. The summed E-state index contributed by atoms with van der Waals surface area (Å²) in [7, 11) is -3.89. The van der Waals surface area contributed by atoms with Gasteiger partial charge >= 0.3 is 0 Å². The number of benzene rings is 4. The minimum absolute atomic E-state index is 0.121. The molecule has 0 radical (unpaired) electrons. The van der Waals surface area contributed by atoms with Crippen LogP contribution in [0, 0.1) is 6.92 Å². The number of sulfonamides is 1. The van der Waals surface area contributed by atoms with Crippen LogP contribution in [0.4, 0.5) is 5.69 Å². The summed E-state index contributed by atoms with van der Waals surface area (Å²) in [6.07, 6.45) is 0.222. The summed E-state index contributed by atoms with van der Waals surface area (Å²) >= 11 is 0. The summed E-state index contributed by atoms with van der Waals surface area (Å²) < 4.78 is 28.6. The maximum absolute atomic E-state index is 13.2. The normalized spacial score (nSPS) is 12.1. The van der Waals surface area contributed by atoms with Crippen molar-refractivity contribution in [1.82, 2.24) is 4.72 Å². The first-order chi connectivity index (χ1) is 16.4. The van der Waals surface area contributed by atoms with Gasteiger partial charge in [-0.15, -0.1) is 0 Å². The van der Waals surface area contributed by atoms with Crippen molar-refractivity contribution in [3.05, 3.63) is 120 Å². The lowest BCUT2D eigenvalue weighted by molar-refractivity contribution is -0.117. The van der Waals surface area contributed by atoms with Gasteiger partial charge in [0.05, 0.1) is 4.90 Å². The minimum atomic E-state index is -3.89. The van der Waals surface area contributed by atoms with Crippen molar-refractivity contribution in [1.29, 1.82) is 0 Å². The van der Waals surface area contributed by atoms with Crippen molar-refractivity contribution < 1.29 is 13.2 Å². The van der Waals surface area contributed by atoms with Gasteiger partial charge in [0.1, 0.15) is 6.04 Å². The second-order valence-corrected chi connectivity index (χ2v) is 9.82. The van der Waals surface area contributed by atoms with Crippen LogP contribution >= 0.6 is 0 Å². The third-order valence-corrected chi connectivity index (χ3v) is 6.97. The molecule has 2 N–H and O–H groups in total. The molecule has 0 fully saturated rings. The van der Waals surface area contributed by atoms with Crippen LogP contribution in [0.25, 0.3) is 11.1 Å². The summed E-state index contributed by atoms with van der Waals surface area (Å²) in [5.41, 5.74) is 4.51. The third-order valence-electron chi connectivity index (χ3n) is 5.49. The summed E-state index contributed by atoms with van der Waals surface area (Å²) in [6, 6.07) is 32.3. The van der Waals surface area contributed by atoms with Crippen LogP contribution in [0.5, 0.6) is 0 Å². The van der Waals surface area contributed by atoms with E-state index < -0.39 is 22.0 Å². The minimum Gasteiger partial charge on any atom is -0.325 e. The standard InChI is InChI=1S/C28H26N2O3S/c1-21-12-18-26(19-13-21)34(32,33)30-27(20-22-8-4-2-5-9-22)28(31)29-25-16-14-24(15-17-25)23-10-6-3-7-11-23/h2-19,27,30H,20H2,1H3,(H,29,31)/t27-/m0/s1. The monoisotopic (exact) mass is 470 g/mol. The Balaban J connectivity index is 1.54. The number of carbonyl (C=O) groups excluding carboxylic acids is 1. The zero-order valence-electron chi connectivity index (χ0n) is 18.8. The summed E-state index contributed by atoms with van der Waals surface area (Å²) in [6.45, 7) is 1.89. The second-order valence-electron chi connectivity index (χ2n) is 8.11. The average molecular weight is 471 g/mol. The lowest BCUT2D eigenvalue weighted by Gasteiger charge is -2.19. The number of nitrogens with one attached hydrogen (secondary N) is 2. The van der Waals surface area contributed by atoms with Crippen LogP contribution < -0.4 is 10.0 Å². The van der Waals surface area contributed by atoms with Gasteiger partial charge in [0.15, 0.2) is 0 Å². The fraction of sp³-hybridized carbons (Fsp3) is 0.107. The molecule has 172 valence electrons. The van der Waals surface area contributed by atoms with Crippen LogP contribution in [-0.2, 0) is 21.2 Å². The predicted molar refractivity (Wildman–Crippen MR) is 136 cm³/mol. The number of amides is 1. The van der Waals surface area contributed by atoms with Crippen molar-refractivity contribution in [3.8, 4) is 11.1 Å². The molecule has 0 saturated heterocycles. The van der Waals surface area contributed by atoms with E-state index in [1.165, 1.54) is 12.1 Å². The topological polar surface area (TPSA) is 75.3 Å². The molecular weight excluding hydrogens is 444 g/mol. The highest BCUT2D eigenvalue weighted by Crippen LogP contribution is 2.21. The summed E-state index contributed by atoms with van der Waals surface area (Å²) in [5, 5.41) is 2.86. The van der Waals surface area contributed by atoms with Crippen LogP contribution in [0.3, 0.4) is 0 Å². The Hall–Kier alpha value is -3.74. The van der Waals surface area contributed by atoms with Crippen molar-refractivity contribution in [3.63, 3.8) is 0 Å². The fourth-order valence-electron chi connectivity index (χ4n) is 3.62. The van der Waals surface area contributed by atoms with Gasteiger partial charge in [0, 0.05) is 5.69 Å². The summed E-state index contributed by atoms with van der Waals surface area (Å²) in [5.74, 6) is -0.424. The molecule has 0 aliphatic rings. The molecule has 6 heteroatoms. The molecule has 0 aliphatic heterocycles. The van der Waals surface area contributed by atoms with Crippen molar-refractivity contribution >= 4 is 21.6 Å². The highest BCUT2D eigenvalue weighted by molar-refractivity contribution is 7.89. The average Bonchev–Trinajstić information content (AvgIpc) is 2.85. The molecule has 0 heterocycles. The Kier molecular flexibility index (Phi) is 7.21. The quantitative estimate of drug-likeness (QED) is 0.372. The van der Waals surface area contributed by atoms with Gasteiger partial charge in [-0.2, -0.15) is 4.72 Å². The van der Waals surface area contributed by atoms with E-state index in [1.807, 2.05) is 91.9 Å². The lowest BCUT2D eigenvalue weighted by atomic mass is 10.0. The van der Waals surface area contributed by atoms with Gasteiger partial charge in [0.25, 0.3) is 0 Å². The molecule has 1 atom stereocenters. The largest absolute Gasteiger partial charge is 0.325 e. The number of anilines is 1. The SMILES string of the molecule is Cc1ccc(S(=O)(=O)N[C@@H](Cc2ccccc2)C(=O)Nc2ccc(-c3ccccc3)cc2)cc1. The van der Waals surface area contributed by atoms with Crippen LogP contribution in [0.2, 0.25) is 0 Å². The van der Waals surface area contributed by atoms with E-state index in [-0.39, 0.29) is 11.3 Å². The van der Waals surface area contributed by atoms with Gasteiger partial charge in [0.2, 0.25) is 15.9 Å². The van der Waals surface area contributed by atoms with E-state index in [0.29, 0.717) is 5.69 Å². The van der Waals surface area contributed by atoms with Gasteiger partial charge in [-0.3, -0.25) is 4.79 Å². The fourth-order valence-corrected chi connectivity index (χ4v) is 4.81. The molecule has 4 aromatic rings. The van der Waals surface area contributed by atoms with Gasteiger partial charge in [-0.1, -0.05) is 90.5 Å². The van der Waals surface area contributed by atoms with Crippen LogP contribution in [0.1, 0.15) is 11.1 Å². The van der Waals surface area contributed by atoms with Crippen molar-refractivity contribution in [2.45, 2.75) is 24.3 Å². The summed E-state index contributed by atoms with van der Waals surface area (Å²) in [4.78, 5) is 13.3. The molecule has 4 aromatic carbocycles. The van der Waals surface area contributed by atoms with Gasteiger partial charge < -0.3 is 5.32 Å².